The summed E-state index contributed by atoms with van der Waals surface area (Å²) in [7, 11) is 0. The van der Waals surface area contributed by atoms with Gasteiger partial charge in [-0.05, 0) is 25.5 Å². The number of hydrogen-bond acceptors (Lipinski definition) is 3. The number of nitrogens with one attached hydrogen (secondary N) is 1. The minimum atomic E-state index is 0.0292. The van der Waals surface area contributed by atoms with Gasteiger partial charge in [-0.15, -0.1) is 0 Å². The second kappa shape index (κ2) is 7.81. The number of ether oxygens (including phenoxy) is 1. The number of para-hydroxylation sites is 1. The number of rotatable bonds is 7. The van der Waals surface area contributed by atoms with Crippen molar-refractivity contribution in [1.29, 1.82) is 0 Å². The van der Waals surface area contributed by atoms with Gasteiger partial charge in [-0.2, -0.15) is 0 Å². The molecule has 2 rings (SSSR count). The first-order chi connectivity index (χ1) is 10.2. The summed E-state index contributed by atoms with van der Waals surface area (Å²) in [6.07, 6.45) is 0. The SMILES string of the molecule is Cc1cccc([C@H](C)NCc2ccccc2OCCO)c1. The van der Waals surface area contributed by atoms with Crippen LogP contribution in [0.3, 0.4) is 0 Å². The van der Waals surface area contributed by atoms with Crippen LogP contribution in [0.2, 0.25) is 0 Å². The summed E-state index contributed by atoms with van der Waals surface area (Å²) in [6.45, 7) is 5.35. The summed E-state index contributed by atoms with van der Waals surface area (Å²) in [5.74, 6) is 0.829. The normalized spacial score (nSPS) is 12.1. The van der Waals surface area contributed by atoms with Crippen molar-refractivity contribution in [3.8, 4) is 5.75 Å². The zero-order valence-corrected chi connectivity index (χ0v) is 12.7. The molecule has 0 aliphatic heterocycles. The van der Waals surface area contributed by atoms with E-state index < -0.39 is 0 Å². The molecule has 0 unspecified atom stereocenters. The molecule has 2 aromatic carbocycles. The highest BCUT2D eigenvalue weighted by Crippen LogP contribution is 2.20. The first kappa shape index (κ1) is 15.5. The van der Waals surface area contributed by atoms with Gasteiger partial charge in [-0.3, -0.25) is 0 Å². The predicted octanol–water partition coefficient (Wildman–Crippen LogP) is 3.22. The summed E-state index contributed by atoms with van der Waals surface area (Å²) in [4.78, 5) is 0. The van der Waals surface area contributed by atoms with E-state index in [-0.39, 0.29) is 12.6 Å². The monoisotopic (exact) mass is 285 g/mol. The van der Waals surface area contributed by atoms with E-state index in [9.17, 15) is 0 Å². The van der Waals surface area contributed by atoms with E-state index in [2.05, 4.69) is 43.4 Å². The van der Waals surface area contributed by atoms with Gasteiger partial charge < -0.3 is 15.2 Å². The maximum absolute atomic E-state index is 8.87. The maximum atomic E-state index is 8.87. The van der Waals surface area contributed by atoms with Crippen LogP contribution in [-0.2, 0) is 6.54 Å². The van der Waals surface area contributed by atoms with Gasteiger partial charge in [0.15, 0.2) is 0 Å². The molecule has 112 valence electrons. The van der Waals surface area contributed by atoms with E-state index in [1.54, 1.807) is 0 Å². The molecule has 1 atom stereocenters. The molecule has 0 bridgehead atoms. The largest absolute Gasteiger partial charge is 0.491 e. The smallest absolute Gasteiger partial charge is 0.123 e. The molecule has 0 aromatic heterocycles. The molecule has 0 spiro atoms. The summed E-state index contributed by atoms with van der Waals surface area (Å²) in [5.41, 5.74) is 3.65. The van der Waals surface area contributed by atoms with Crippen molar-refractivity contribution < 1.29 is 9.84 Å². The lowest BCUT2D eigenvalue weighted by molar-refractivity contribution is 0.200. The van der Waals surface area contributed by atoms with Crippen molar-refractivity contribution in [2.45, 2.75) is 26.4 Å². The highest BCUT2D eigenvalue weighted by molar-refractivity contribution is 5.33. The van der Waals surface area contributed by atoms with Gasteiger partial charge in [0.2, 0.25) is 0 Å². The van der Waals surface area contributed by atoms with Crippen LogP contribution >= 0.6 is 0 Å². The van der Waals surface area contributed by atoms with E-state index in [0.717, 1.165) is 17.9 Å². The summed E-state index contributed by atoms with van der Waals surface area (Å²) < 4.78 is 5.55. The molecule has 3 heteroatoms. The Morgan fingerprint density at radius 1 is 1.14 bits per heavy atom. The Balaban J connectivity index is 1.99. The Kier molecular flexibility index (Phi) is 5.78. The van der Waals surface area contributed by atoms with Crippen molar-refractivity contribution in [3.05, 3.63) is 65.2 Å². The molecule has 3 nitrogen and oxygen atoms in total. The Hall–Kier alpha value is -1.84. The number of aryl methyl sites for hydroxylation is 1. The second-order valence-electron chi connectivity index (χ2n) is 5.20. The van der Waals surface area contributed by atoms with Gasteiger partial charge in [0.1, 0.15) is 12.4 Å². The van der Waals surface area contributed by atoms with Crippen molar-refractivity contribution in [1.82, 2.24) is 5.32 Å². The lowest BCUT2D eigenvalue weighted by atomic mass is 10.1. The predicted molar refractivity (Wildman–Crippen MR) is 85.5 cm³/mol. The van der Waals surface area contributed by atoms with Crippen LogP contribution in [0.1, 0.15) is 29.7 Å². The third kappa shape index (κ3) is 4.59. The Morgan fingerprint density at radius 3 is 2.71 bits per heavy atom. The van der Waals surface area contributed by atoms with Gasteiger partial charge in [-0.1, -0.05) is 48.0 Å². The first-order valence-electron chi connectivity index (χ1n) is 7.32. The van der Waals surface area contributed by atoms with E-state index in [1.165, 1.54) is 11.1 Å². The molecule has 0 radical (unpaired) electrons. The average molecular weight is 285 g/mol. The van der Waals surface area contributed by atoms with Gasteiger partial charge >= 0.3 is 0 Å². The fourth-order valence-electron chi connectivity index (χ4n) is 2.27. The fourth-order valence-corrected chi connectivity index (χ4v) is 2.27. The number of aliphatic hydroxyl groups is 1. The van der Waals surface area contributed by atoms with E-state index in [0.29, 0.717) is 6.61 Å². The van der Waals surface area contributed by atoms with Crippen LogP contribution in [0.15, 0.2) is 48.5 Å². The molecule has 0 saturated heterocycles. The van der Waals surface area contributed by atoms with Crippen LogP contribution in [-0.4, -0.2) is 18.3 Å². The summed E-state index contributed by atoms with van der Waals surface area (Å²) in [6, 6.07) is 16.7. The molecule has 2 N–H and O–H groups in total. The Bertz CT molecular complexity index is 569. The zero-order chi connectivity index (χ0) is 15.1. The molecule has 0 heterocycles. The van der Waals surface area contributed by atoms with Crippen molar-refractivity contribution in [2.75, 3.05) is 13.2 Å². The zero-order valence-electron chi connectivity index (χ0n) is 12.7. The third-order valence-electron chi connectivity index (χ3n) is 3.46. The third-order valence-corrected chi connectivity index (χ3v) is 3.46. The molecule has 0 saturated carbocycles. The quantitative estimate of drug-likeness (QED) is 0.820. The minimum absolute atomic E-state index is 0.0292. The number of benzene rings is 2. The highest BCUT2D eigenvalue weighted by Gasteiger charge is 2.07. The van der Waals surface area contributed by atoms with Crippen molar-refractivity contribution >= 4 is 0 Å². The van der Waals surface area contributed by atoms with Gasteiger partial charge in [0.25, 0.3) is 0 Å². The van der Waals surface area contributed by atoms with E-state index >= 15 is 0 Å². The van der Waals surface area contributed by atoms with Crippen LogP contribution in [0.5, 0.6) is 5.75 Å². The molecule has 0 aliphatic carbocycles. The van der Waals surface area contributed by atoms with Crippen LogP contribution in [0.25, 0.3) is 0 Å². The summed E-state index contributed by atoms with van der Waals surface area (Å²) in [5, 5.41) is 12.4. The second-order valence-corrected chi connectivity index (χ2v) is 5.20. The van der Waals surface area contributed by atoms with Crippen LogP contribution < -0.4 is 10.1 Å². The van der Waals surface area contributed by atoms with E-state index in [1.807, 2.05) is 24.3 Å². The molecule has 0 fully saturated rings. The number of aliphatic hydroxyl groups excluding tert-OH is 1. The highest BCUT2D eigenvalue weighted by atomic mass is 16.5. The van der Waals surface area contributed by atoms with Gasteiger partial charge in [0.05, 0.1) is 6.61 Å². The lowest BCUT2D eigenvalue weighted by Gasteiger charge is -2.17. The number of hydrogen-bond donors (Lipinski definition) is 2. The lowest BCUT2D eigenvalue weighted by Crippen LogP contribution is -2.19. The van der Waals surface area contributed by atoms with Crippen LogP contribution in [0.4, 0.5) is 0 Å². The molecule has 2 aromatic rings. The minimum Gasteiger partial charge on any atom is -0.491 e. The Labute approximate surface area is 126 Å². The molecule has 21 heavy (non-hydrogen) atoms. The first-order valence-corrected chi connectivity index (χ1v) is 7.32. The Morgan fingerprint density at radius 2 is 1.95 bits per heavy atom. The topological polar surface area (TPSA) is 41.5 Å². The van der Waals surface area contributed by atoms with Gasteiger partial charge in [0, 0.05) is 18.2 Å². The average Bonchev–Trinajstić information content (AvgIpc) is 2.51. The van der Waals surface area contributed by atoms with E-state index in [4.69, 9.17) is 9.84 Å². The maximum Gasteiger partial charge on any atom is 0.123 e. The fraction of sp³-hybridized carbons (Fsp3) is 0.333. The van der Waals surface area contributed by atoms with Crippen molar-refractivity contribution in [2.24, 2.45) is 0 Å². The molecule has 0 amide bonds. The summed E-state index contributed by atoms with van der Waals surface area (Å²) >= 11 is 0. The van der Waals surface area contributed by atoms with Gasteiger partial charge in [-0.25, -0.2) is 0 Å². The molecular formula is C18H23NO2. The molecular weight excluding hydrogens is 262 g/mol. The van der Waals surface area contributed by atoms with Crippen LogP contribution in [0, 0.1) is 6.92 Å². The standard InChI is InChI=1S/C18H23NO2/c1-14-6-5-8-16(12-14)15(2)19-13-17-7-3-4-9-18(17)21-11-10-20/h3-9,12,15,19-20H,10-11,13H2,1-2H3/t15-/m0/s1. The molecule has 0 aliphatic rings. The van der Waals surface area contributed by atoms with Crippen molar-refractivity contribution in [3.63, 3.8) is 0 Å².